The molecule has 0 saturated carbocycles. The maximum atomic E-state index is 14.2. The van der Waals surface area contributed by atoms with Crippen molar-refractivity contribution in [2.24, 2.45) is 11.8 Å². The van der Waals surface area contributed by atoms with E-state index in [0.717, 1.165) is 19.2 Å². The number of nitriles is 1. The fourth-order valence-corrected chi connectivity index (χ4v) is 8.36. The zero-order chi connectivity index (χ0) is 48.4. The highest BCUT2D eigenvalue weighted by atomic mass is 31.2. The van der Waals surface area contributed by atoms with Crippen LogP contribution in [0.2, 0.25) is 0 Å². The number of para-hydroxylation sites is 1. The molecule has 0 spiro atoms. The summed E-state index contributed by atoms with van der Waals surface area (Å²) < 4.78 is 48.3. The van der Waals surface area contributed by atoms with Crippen molar-refractivity contribution < 1.29 is 66.7 Å². The van der Waals surface area contributed by atoms with Crippen LogP contribution in [0.5, 0.6) is 5.75 Å². The first-order valence-corrected chi connectivity index (χ1v) is 23.2. The average molecular weight is 945 g/mol. The van der Waals surface area contributed by atoms with Crippen LogP contribution in [-0.2, 0) is 57.6 Å². The van der Waals surface area contributed by atoms with Crippen molar-refractivity contribution >= 4 is 48.6 Å². The van der Waals surface area contributed by atoms with E-state index in [9.17, 15) is 44.0 Å². The van der Waals surface area contributed by atoms with Crippen LogP contribution < -0.4 is 25.6 Å². The molecular formula is C43H61N8O14P. The van der Waals surface area contributed by atoms with E-state index < -0.39 is 81.3 Å². The third-order valence-corrected chi connectivity index (χ3v) is 12.3. The molecule has 4 rings (SSSR count). The van der Waals surface area contributed by atoms with Gasteiger partial charge in [-0.15, -0.1) is 0 Å². The van der Waals surface area contributed by atoms with Crippen molar-refractivity contribution in [2.75, 3.05) is 52.0 Å². The van der Waals surface area contributed by atoms with E-state index in [0.29, 0.717) is 25.8 Å². The Kier molecular flexibility index (Phi) is 20.6. The number of amides is 3. The van der Waals surface area contributed by atoms with Crippen LogP contribution >= 0.6 is 7.75 Å². The largest absolute Gasteiger partial charge is 0.464 e. The van der Waals surface area contributed by atoms with Gasteiger partial charge in [0.2, 0.25) is 17.4 Å². The van der Waals surface area contributed by atoms with Gasteiger partial charge >= 0.3 is 13.7 Å². The molecule has 362 valence electrons. The molecular weight excluding hydrogens is 883 g/mol. The minimum Gasteiger partial charge on any atom is -0.464 e. The molecule has 3 heterocycles. The first-order chi connectivity index (χ1) is 31.5. The number of rotatable bonds is 28. The number of carbonyl (C=O) groups is 5. The van der Waals surface area contributed by atoms with Crippen LogP contribution in [0, 0.1) is 23.2 Å². The number of hydrogen-bond acceptors (Lipinski definition) is 17. The molecule has 23 heteroatoms. The van der Waals surface area contributed by atoms with Crippen molar-refractivity contribution in [3.8, 4) is 11.8 Å². The third kappa shape index (κ3) is 14.6. The molecule has 0 aliphatic carbocycles. The highest BCUT2D eigenvalue weighted by Crippen LogP contribution is 2.47. The number of fused-ring (bicyclic) bond motifs is 1. The number of esters is 1. The molecule has 22 nitrogen and oxygen atoms in total. The number of anilines is 1. The lowest BCUT2D eigenvalue weighted by Gasteiger charge is -2.25. The Morgan fingerprint density at radius 3 is 2.36 bits per heavy atom. The quantitative estimate of drug-likeness (QED) is 0.0346. The number of Topliss-reactive ketones (excluding diaryl/α,β-unsaturated/α-hetero) is 1. The Morgan fingerprint density at radius 1 is 0.985 bits per heavy atom. The van der Waals surface area contributed by atoms with E-state index in [1.807, 2.05) is 19.9 Å². The van der Waals surface area contributed by atoms with Gasteiger partial charge in [0.05, 0.1) is 24.9 Å². The number of methoxy groups -OCH3 is 1. The standard InChI is InChI=1S/C43H61N8O14P/c1-7-29(8-2)20-62-42(58)28(5)50-66(59,65-30-14-10-9-11-15-30)63-21-33-39(56)40(57)43(25-44,64-33)34-18-17-32-41(46-26-47-51(32)34)49-37(54)24-61-23-36(53)48-31(38(55)27(3)4)16-12-13-19-45-35(52)22-60-6/h9-11,14-15,17-18,26-29,31,33,39-40,56-57H,7-8,12-13,16,19-24H2,1-6H3,(H,45,52)(H,48,53)(H,50,59)(H,46,47,49,54)/t28-,31?,33+,39+,40+,43-,66?/m0/s1. The summed E-state index contributed by atoms with van der Waals surface area (Å²) in [6.45, 7) is 7.45. The van der Waals surface area contributed by atoms with E-state index in [1.165, 1.54) is 42.8 Å². The summed E-state index contributed by atoms with van der Waals surface area (Å²) in [5.41, 5.74) is -2.22. The molecule has 0 radical (unpaired) electrons. The topological polar surface area (TPSA) is 300 Å². The van der Waals surface area contributed by atoms with Gasteiger partial charge in [-0.2, -0.15) is 15.4 Å². The van der Waals surface area contributed by atoms with Gasteiger partial charge in [-0.05, 0) is 56.4 Å². The van der Waals surface area contributed by atoms with E-state index in [4.69, 9.17) is 28.0 Å². The minimum absolute atomic E-state index is 0.0473. The summed E-state index contributed by atoms with van der Waals surface area (Å²) in [7, 11) is -3.04. The fraction of sp³-hybridized carbons (Fsp3) is 0.581. The number of nitrogens with one attached hydrogen (secondary N) is 4. The molecule has 1 aliphatic rings. The highest BCUT2D eigenvalue weighted by Gasteiger charge is 2.58. The second-order valence-electron chi connectivity index (χ2n) is 15.9. The Balaban J connectivity index is 1.39. The molecule has 1 saturated heterocycles. The zero-order valence-corrected chi connectivity index (χ0v) is 38.9. The summed E-state index contributed by atoms with van der Waals surface area (Å²) in [6, 6.07) is 10.7. The number of nitrogens with zero attached hydrogens (tertiary/aromatic N) is 4. The lowest BCUT2D eigenvalue weighted by atomic mass is 9.92. The second-order valence-corrected chi connectivity index (χ2v) is 17.6. The monoisotopic (exact) mass is 944 g/mol. The van der Waals surface area contributed by atoms with Gasteiger partial charge in [0, 0.05) is 19.6 Å². The summed E-state index contributed by atoms with van der Waals surface area (Å²) in [6.07, 6.45) is -1.09. The van der Waals surface area contributed by atoms with Crippen LogP contribution in [0.25, 0.3) is 5.52 Å². The number of ether oxygens (including phenoxy) is 4. The van der Waals surface area contributed by atoms with Crippen molar-refractivity contribution in [1.29, 1.82) is 5.26 Å². The highest BCUT2D eigenvalue weighted by molar-refractivity contribution is 7.52. The molecule has 2 unspecified atom stereocenters. The van der Waals surface area contributed by atoms with Gasteiger partial charge < -0.3 is 49.6 Å². The Bertz CT molecular complexity index is 2180. The summed E-state index contributed by atoms with van der Waals surface area (Å²) in [5.74, 6) is -2.63. The van der Waals surface area contributed by atoms with E-state index >= 15 is 0 Å². The minimum atomic E-state index is -4.45. The number of aliphatic hydroxyl groups excluding tert-OH is 2. The molecule has 0 bridgehead atoms. The van der Waals surface area contributed by atoms with Crippen LogP contribution in [0.4, 0.5) is 5.82 Å². The zero-order valence-electron chi connectivity index (χ0n) is 38.0. The smallest absolute Gasteiger partial charge is 0.459 e. The third-order valence-electron chi connectivity index (χ3n) is 10.6. The molecule has 1 aliphatic heterocycles. The van der Waals surface area contributed by atoms with Crippen molar-refractivity contribution in [1.82, 2.24) is 30.3 Å². The molecule has 3 aromatic rings. The maximum absolute atomic E-state index is 14.2. The Morgan fingerprint density at radius 2 is 1.70 bits per heavy atom. The molecule has 1 fully saturated rings. The predicted octanol–water partition coefficient (Wildman–Crippen LogP) is 2.33. The molecule has 7 atom stereocenters. The first kappa shape index (κ1) is 53.2. The van der Waals surface area contributed by atoms with E-state index in [-0.39, 0.29) is 59.5 Å². The molecule has 3 amide bonds. The average Bonchev–Trinajstić information content (AvgIpc) is 3.84. The molecule has 1 aromatic carbocycles. The number of benzene rings is 1. The van der Waals surface area contributed by atoms with Gasteiger partial charge in [-0.3, -0.25) is 28.5 Å². The van der Waals surface area contributed by atoms with Crippen molar-refractivity contribution in [3.05, 3.63) is 54.5 Å². The molecule has 6 N–H and O–H groups in total. The fourth-order valence-electron chi connectivity index (χ4n) is 6.86. The lowest BCUT2D eigenvalue weighted by molar-refractivity contribution is -0.146. The Labute approximate surface area is 383 Å². The van der Waals surface area contributed by atoms with E-state index in [1.54, 1.807) is 32.0 Å². The van der Waals surface area contributed by atoms with Crippen molar-refractivity contribution in [3.63, 3.8) is 0 Å². The van der Waals surface area contributed by atoms with Gasteiger partial charge in [0.25, 0.3) is 5.91 Å². The number of unbranched alkanes of at least 4 members (excludes halogenated alkanes) is 1. The van der Waals surface area contributed by atoms with Crippen molar-refractivity contribution in [2.45, 2.75) is 103 Å². The first-order valence-electron chi connectivity index (χ1n) is 21.7. The lowest BCUT2D eigenvalue weighted by Crippen LogP contribution is -2.44. The van der Waals surface area contributed by atoms with Gasteiger partial charge in [-0.25, -0.2) is 14.1 Å². The molecule has 2 aromatic heterocycles. The van der Waals surface area contributed by atoms with Crippen LogP contribution in [-0.4, -0.2) is 131 Å². The Hall–Kier alpha value is -5.37. The number of carbonyl (C=O) groups excluding carboxylic acids is 5. The predicted molar refractivity (Wildman–Crippen MR) is 235 cm³/mol. The maximum Gasteiger partial charge on any atom is 0.459 e. The molecule has 66 heavy (non-hydrogen) atoms. The summed E-state index contributed by atoms with van der Waals surface area (Å²) in [5, 5.41) is 47.7. The number of ketones is 1. The SMILES string of the molecule is CCC(CC)COC(=O)[C@H](C)NP(=O)(OC[C@H]1O[C@@](C#N)(c2ccc3c(NC(=O)COCC(=O)NC(CCCCNC(=O)COC)C(=O)C(C)C)ncnn23)[C@H](O)[C@@H]1O)Oc1ccccc1. The van der Waals surface area contributed by atoms with Gasteiger partial charge in [0.1, 0.15) is 67.8 Å². The van der Waals surface area contributed by atoms with Crippen LogP contribution in [0.1, 0.15) is 72.4 Å². The summed E-state index contributed by atoms with van der Waals surface area (Å²) >= 11 is 0. The van der Waals surface area contributed by atoms with Gasteiger partial charge in [0.15, 0.2) is 11.6 Å². The van der Waals surface area contributed by atoms with Crippen LogP contribution in [0.15, 0.2) is 48.8 Å². The van der Waals surface area contributed by atoms with Gasteiger partial charge in [-0.1, -0.05) is 58.7 Å². The summed E-state index contributed by atoms with van der Waals surface area (Å²) in [4.78, 5) is 67.1. The number of aromatic nitrogens is 3. The van der Waals surface area contributed by atoms with E-state index in [2.05, 4.69) is 31.1 Å². The number of aliphatic hydroxyl groups is 2. The normalized spacial score (nSPS) is 20.0. The second kappa shape index (κ2) is 25.5. The number of hydrogen-bond donors (Lipinski definition) is 6. The van der Waals surface area contributed by atoms with Crippen LogP contribution in [0.3, 0.4) is 0 Å².